The number of rotatable bonds is 13. The van der Waals surface area contributed by atoms with Gasteiger partial charge in [0.05, 0.1) is 0 Å². The first-order chi connectivity index (χ1) is 8.31. The molecule has 0 amide bonds. The molecular weight excluding hydrogens is 210 g/mol. The third-order valence-electron chi connectivity index (χ3n) is 3.07. The van der Waals surface area contributed by atoms with Gasteiger partial charge in [0.2, 0.25) is 0 Å². The fraction of sp³-hybridized carbons (Fsp3) is 0.867. The molecule has 17 heavy (non-hydrogen) atoms. The fourth-order valence-electron chi connectivity index (χ4n) is 1.96. The second kappa shape index (κ2) is 13.7. The molecule has 101 valence electrons. The van der Waals surface area contributed by atoms with Gasteiger partial charge in [-0.3, -0.25) is 4.79 Å². The smallest absolute Gasteiger partial charge is 0.136 e. The van der Waals surface area contributed by atoms with Crippen molar-refractivity contribution >= 4 is 5.78 Å². The van der Waals surface area contributed by atoms with E-state index in [2.05, 4.69) is 6.92 Å². The predicted octanol–water partition coefficient (Wildman–Crippen LogP) is 4.03. The summed E-state index contributed by atoms with van der Waals surface area (Å²) in [5, 5.41) is 0. The lowest BCUT2D eigenvalue weighted by Gasteiger charge is -2.02. The summed E-state index contributed by atoms with van der Waals surface area (Å²) >= 11 is 0. The lowest BCUT2D eigenvalue weighted by molar-refractivity contribution is -0.116. The van der Waals surface area contributed by atoms with Crippen molar-refractivity contribution in [2.45, 2.75) is 77.6 Å². The molecule has 0 bridgehead atoms. The van der Waals surface area contributed by atoms with Gasteiger partial charge in [0, 0.05) is 12.8 Å². The predicted molar refractivity (Wildman–Crippen MR) is 74.8 cm³/mol. The molecule has 0 aromatic heterocycles. The van der Waals surface area contributed by atoms with Crippen LogP contribution in [0.3, 0.4) is 0 Å². The van der Waals surface area contributed by atoms with Crippen LogP contribution in [0.25, 0.3) is 0 Å². The van der Waals surface area contributed by atoms with E-state index in [1.807, 2.05) is 0 Å². The number of carbonyl (C=O) groups excluding carboxylic acids is 1. The molecule has 1 radical (unpaired) electrons. The van der Waals surface area contributed by atoms with Crippen LogP contribution in [0, 0.1) is 6.42 Å². The molecule has 0 fully saturated rings. The molecule has 0 spiro atoms. The Labute approximate surface area is 107 Å². The van der Waals surface area contributed by atoms with Crippen LogP contribution >= 0.6 is 0 Å². The Balaban J connectivity index is 3.05. The Kier molecular flexibility index (Phi) is 13.4. The number of unbranched alkanes of at least 4 members (excludes halogenated alkanes) is 8. The van der Waals surface area contributed by atoms with Gasteiger partial charge in [-0.15, -0.1) is 0 Å². The maximum absolute atomic E-state index is 11.3. The summed E-state index contributed by atoms with van der Waals surface area (Å²) in [6.07, 6.45) is 14.9. The first-order valence-electron chi connectivity index (χ1n) is 7.37. The van der Waals surface area contributed by atoms with Crippen molar-refractivity contribution in [3.63, 3.8) is 0 Å². The average Bonchev–Trinajstić information content (AvgIpc) is 2.34. The van der Waals surface area contributed by atoms with Crippen LogP contribution in [0.5, 0.6) is 0 Å². The molecule has 2 N–H and O–H groups in total. The lowest BCUT2D eigenvalue weighted by atomic mass is 10.0. The van der Waals surface area contributed by atoms with Crippen LogP contribution in [-0.4, -0.2) is 12.3 Å². The Morgan fingerprint density at radius 3 is 2.00 bits per heavy atom. The highest BCUT2D eigenvalue weighted by molar-refractivity contribution is 5.86. The van der Waals surface area contributed by atoms with Gasteiger partial charge < -0.3 is 5.73 Å². The molecule has 0 aromatic carbocycles. The van der Waals surface area contributed by atoms with Crippen LogP contribution in [0.15, 0.2) is 0 Å². The van der Waals surface area contributed by atoms with Crippen molar-refractivity contribution in [3.05, 3.63) is 6.42 Å². The average molecular weight is 240 g/mol. The van der Waals surface area contributed by atoms with Crippen LogP contribution in [-0.2, 0) is 4.79 Å². The molecule has 0 aromatic rings. The molecule has 2 heteroatoms. The zero-order valence-corrected chi connectivity index (χ0v) is 11.5. The summed E-state index contributed by atoms with van der Waals surface area (Å²) in [5.74, 6) is 0.276. The number of carbonyl (C=O) groups is 1. The number of ketones is 1. The molecule has 0 heterocycles. The Bertz CT molecular complexity index is 168. The minimum absolute atomic E-state index is 0.276. The fourth-order valence-corrected chi connectivity index (χ4v) is 1.96. The summed E-state index contributed by atoms with van der Waals surface area (Å²) in [5.41, 5.74) is 5.34. The van der Waals surface area contributed by atoms with E-state index < -0.39 is 0 Å². The number of hydrogen-bond acceptors (Lipinski definition) is 2. The van der Waals surface area contributed by atoms with Crippen molar-refractivity contribution in [2.75, 3.05) is 6.54 Å². The lowest BCUT2D eigenvalue weighted by Crippen LogP contribution is -2.05. The largest absolute Gasteiger partial charge is 0.330 e. The molecule has 0 saturated carbocycles. The normalized spacial score (nSPS) is 10.7. The highest BCUT2D eigenvalue weighted by Crippen LogP contribution is 2.11. The van der Waals surface area contributed by atoms with Gasteiger partial charge in [-0.05, 0) is 19.4 Å². The molecule has 0 rings (SSSR count). The minimum atomic E-state index is 0.276. The summed E-state index contributed by atoms with van der Waals surface area (Å²) < 4.78 is 0. The van der Waals surface area contributed by atoms with Gasteiger partial charge in [0.15, 0.2) is 0 Å². The summed E-state index contributed by atoms with van der Waals surface area (Å²) in [4.78, 5) is 11.3. The standard InChI is InChI=1S/C15H30NO/c1-2-3-4-5-6-7-8-9-10-12-15(17)13-11-14-16/h13H,2-12,14,16H2,1H3. The van der Waals surface area contributed by atoms with Crippen LogP contribution in [0.4, 0.5) is 0 Å². The van der Waals surface area contributed by atoms with Crippen LogP contribution < -0.4 is 5.73 Å². The van der Waals surface area contributed by atoms with Crippen LogP contribution in [0.1, 0.15) is 77.6 Å². The van der Waals surface area contributed by atoms with Gasteiger partial charge in [0.25, 0.3) is 0 Å². The van der Waals surface area contributed by atoms with Gasteiger partial charge >= 0.3 is 0 Å². The molecular formula is C15H30NO. The van der Waals surface area contributed by atoms with Gasteiger partial charge in [-0.25, -0.2) is 0 Å². The van der Waals surface area contributed by atoms with Crippen molar-refractivity contribution in [3.8, 4) is 0 Å². The van der Waals surface area contributed by atoms with E-state index in [9.17, 15) is 4.79 Å². The zero-order chi connectivity index (χ0) is 12.8. The summed E-state index contributed by atoms with van der Waals surface area (Å²) in [7, 11) is 0. The van der Waals surface area contributed by atoms with E-state index >= 15 is 0 Å². The van der Waals surface area contributed by atoms with Crippen molar-refractivity contribution in [1.82, 2.24) is 0 Å². The maximum Gasteiger partial charge on any atom is 0.136 e. The first-order valence-corrected chi connectivity index (χ1v) is 7.37. The number of Topliss-reactive ketones (excluding diaryl/α,β-unsaturated/α-hetero) is 1. The molecule has 0 unspecified atom stereocenters. The quantitative estimate of drug-likeness (QED) is 0.494. The highest BCUT2D eigenvalue weighted by atomic mass is 16.1. The Morgan fingerprint density at radius 1 is 0.941 bits per heavy atom. The first kappa shape index (κ1) is 16.6. The highest BCUT2D eigenvalue weighted by Gasteiger charge is 2.00. The van der Waals surface area contributed by atoms with Crippen molar-refractivity contribution in [1.29, 1.82) is 0 Å². The van der Waals surface area contributed by atoms with Crippen LogP contribution in [0.2, 0.25) is 0 Å². The zero-order valence-electron chi connectivity index (χ0n) is 11.5. The van der Waals surface area contributed by atoms with E-state index in [1.165, 1.54) is 51.4 Å². The van der Waals surface area contributed by atoms with E-state index in [4.69, 9.17) is 5.73 Å². The maximum atomic E-state index is 11.3. The monoisotopic (exact) mass is 240 g/mol. The molecule has 0 aliphatic heterocycles. The number of hydrogen-bond donors (Lipinski definition) is 1. The van der Waals surface area contributed by atoms with Gasteiger partial charge in [-0.1, -0.05) is 58.3 Å². The Morgan fingerprint density at radius 2 is 1.47 bits per heavy atom. The molecule has 2 nitrogen and oxygen atoms in total. The molecule has 0 aliphatic carbocycles. The third-order valence-corrected chi connectivity index (χ3v) is 3.07. The van der Waals surface area contributed by atoms with E-state index in [1.54, 1.807) is 6.42 Å². The van der Waals surface area contributed by atoms with Gasteiger partial charge in [0.1, 0.15) is 5.78 Å². The van der Waals surface area contributed by atoms with Crippen molar-refractivity contribution < 1.29 is 4.79 Å². The van der Waals surface area contributed by atoms with Crippen molar-refractivity contribution in [2.24, 2.45) is 5.73 Å². The molecule has 0 aliphatic rings. The number of nitrogens with two attached hydrogens (primary N) is 1. The summed E-state index contributed by atoms with van der Waals surface area (Å²) in [6.45, 7) is 2.84. The molecule has 0 saturated heterocycles. The second-order valence-corrected chi connectivity index (χ2v) is 4.83. The Hall–Kier alpha value is -0.370. The SMILES string of the molecule is CCCCCCCCCCCC(=O)[CH]CCN. The van der Waals surface area contributed by atoms with Gasteiger partial charge in [-0.2, -0.15) is 0 Å². The van der Waals surface area contributed by atoms with E-state index in [0.717, 1.165) is 19.3 Å². The third kappa shape index (κ3) is 13.6. The minimum Gasteiger partial charge on any atom is -0.330 e. The van der Waals surface area contributed by atoms with E-state index in [0.29, 0.717) is 6.54 Å². The second-order valence-electron chi connectivity index (χ2n) is 4.83. The van der Waals surface area contributed by atoms with E-state index in [-0.39, 0.29) is 5.78 Å². The summed E-state index contributed by atoms with van der Waals surface area (Å²) in [6, 6.07) is 0. The topological polar surface area (TPSA) is 43.1 Å². The molecule has 0 atom stereocenters.